The molecule has 172 valence electrons. The van der Waals surface area contributed by atoms with Gasteiger partial charge in [-0.05, 0) is 59.7 Å². The van der Waals surface area contributed by atoms with Crippen LogP contribution in [0.1, 0.15) is 38.6 Å². The van der Waals surface area contributed by atoms with Crippen molar-refractivity contribution < 1.29 is 18.3 Å². The van der Waals surface area contributed by atoms with E-state index in [1.807, 2.05) is 0 Å². The average molecular weight is 465 g/mol. The lowest BCUT2D eigenvalue weighted by Gasteiger charge is -2.22. The second-order valence-corrected chi connectivity index (χ2v) is 7.76. The number of para-hydroxylation sites is 1. The van der Waals surface area contributed by atoms with E-state index in [1.54, 1.807) is 77.7 Å². The van der Waals surface area contributed by atoms with Crippen molar-refractivity contribution >= 4 is 5.91 Å². The van der Waals surface area contributed by atoms with Gasteiger partial charge in [-0.15, -0.1) is 0 Å². The molecule has 4 aromatic rings. The second kappa shape index (κ2) is 10.8. The third-order valence-electron chi connectivity index (χ3n) is 5.26. The molecule has 1 amide bonds. The van der Waals surface area contributed by atoms with Gasteiger partial charge < -0.3 is 14.1 Å². The van der Waals surface area contributed by atoms with Crippen LogP contribution in [-0.4, -0.2) is 10.8 Å². The van der Waals surface area contributed by atoms with Crippen molar-refractivity contribution in [2.45, 2.75) is 19.7 Å². The summed E-state index contributed by atoms with van der Waals surface area (Å²) in [5, 5.41) is 18.2. The number of hydrogen-bond acceptors (Lipinski definition) is 5. The predicted octanol–water partition coefficient (Wildman–Crippen LogP) is 5.58. The molecule has 0 aliphatic rings. The third kappa shape index (κ3) is 5.93. The second-order valence-electron chi connectivity index (χ2n) is 7.76. The number of carbonyl (C=O) groups excluding carboxylic acids is 1. The lowest BCUT2D eigenvalue weighted by atomic mass is 10.1. The Morgan fingerprint density at radius 3 is 2.40 bits per heavy atom. The SMILES string of the molecule is N#Cc1ccc(CN(Cc2cccc(F)c2)C(=O)c2ccc(COc3ccccc3C#N)o2)cc1. The van der Waals surface area contributed by atoms with Crippen molar-refractivity contribution in [3.8, 4) is 17.9 Å². The minimum Gasteiger partial charge on any atom is -0.484 e. The van der Waals surface area contributed by atoms with Gasteiger partial charge >= 0.3 is 0 Å². The molecule has 0 aliphatic heterocycles. The van der Waals surface area contributed by atoms with Gasteiger partial charge in [0.1, 0.15) is 30.0 Å². The maximum Gasteiger partial charge on any atom is 0.290 e. The molecule has 0 spiro atoms. The lowest BCUT2D eigenvalue weighted by molar-refractivity contribution is 0.0693. The van der Waals surface area contributed by atoms with E-state index in [-0.39, 0.29) is 37.2 Å². The monoisotopic (exact) mass is 465 g/mol. The number of benzene rings is 3. The number of hydrogen-bond donors (Lipinski definition) is 0. The van der Waals surface area contributed by atoms with E-state index in [9.17, 15) is 14.4 Å². The van der Waals surface area contributed by atoms with Gasteiger partial charge in [-0.25, -0.2) is 4.39 Å². The molecule has 0 fully saturated rings. The number of ether oxygens (including phenoxy) is 1. The normalized spacial score (nSPS) is 10.3. The summed E-state index contributed by atoms with van der Waals surface area (Å²) < 4.78 is 25.2. The first-order valence-corrected chi connectivity index (χ1v) is 10.8. The summed E-state index contributed by atoms with van der Waals surface area (Å²) in [6.45, 7) is 0.452. The number of furan rings is 1. The fraction of sp³-hybridized carbons (Fsp3) is 0.107. The van der Waals surface area contributed by atoms with Crippen LogP contribution in [0.5, 0.6) is 5.75 Å². The molecular weight excluding hydrogens is 445 g/mol. The van der Waals surface area contributed by atoms with E-state index in [0.29, 0.717) is 28.2 Å². The Morgan fingerprint density at radius 1 is 0.886 bits per heavy atom. The Morgan fingerprint density at radius 2 is 1.66 bits per heavy atom. The molecule has 0 unspecified atom stereocenters. The quantitative estimate of drug-likeness (QED) is 0.339. The number of carbonyl (C=O) groups is 1. The zero-order valence-corrected chi connectivity index (χ0v) is 18.6. The van der Waals surface area contributed by atoms with Crippen molar-refractivity contribution in [2.75, 3.05) is 0 Å². The Labute approximate surface area is 202 Å². The largest absolute Gasteiger partial charge is 0.484 e. The van der Waals surface area contributed by atoms with E-state index in [0.717, 1.165) is 5.56 Å². The minimum atomic E-state index is -0.386. The number of nitriles is 2. The molecule has 0 saturated carbocycles. The highest BCUT2D eigenvalue weighted by Gasteiger charge is 2.21. The first-order chi connectivity index (χ1) is 17.1. The number of amides is 1. The van der Waals surface area contributed by atoms with Crippen LogP contribution >= 0.6 is 0 Å². The standard InChI is InChI=1S/C28H20FN3O3/c29-24-6-3-4-22(14-24)18-32(17-21-10-8-20(15-30)9-11-21)28(33)27-13-12-25(35-27)19-34-26-7-2-1-5-23(26)16-31/h1-14H,17-19H2. The lowest BCUT2D eigenvalue weighted by Crippen LogP contribution is -2.30. The smallest absolute Gasteiger partial charge is 0.290 e. The molecule has 3 aromatic carbocycles. The average Bonchev–Trinajstić information content (AvgIpc) is 3.36. The Kier molecular flexibility index (Phi) is 7.20. The summed E-state index contributed by atoms with van der Waals surface area (Å²) in [4.78, 5) is 14.9. The Balaban J connectivity index is 1.52. The maximum atomic E-state index is 13.7. The molecule has 7 heteroatoms. The van der Waals surface area contributed by atoms with Crippen LogP contribution < -0.4 is 4.74 Å². The maximum absolute atomic E-state index is 13.7. The summed E-state index contributed by atoms with van der Waals surface area (Å²) in [6.07, 6.45) is 0. The van der Waals surface area contributed by atoms with Crippen molar-refractivity contribution in [3.63, 3.8) is 0 Å². The molecule has 6 nitrogen and oxygen atoms in total. The molecule has 0 N–H and O–H groups in total. The van der Waals surface area contributed by atoms with E-state index in [1.165, 1.54) is 12.1 Å². The molecule has 1 aromatic heterocycles. The summed E-state index contributed by atoms with van der Waals surface area (Å²) in [6, 6.07) is 27.2. The highest BCUT2D eigenvalue weighted by atomic mass is 19.1. The first-order valence-electron chi connectivity index (χ1n) is 10.8. The molecule has 4 rings (SSSR count). The Bertz CT molecular complexity index is 1410. The molecular formula is C28H20FN3O3. The molecule has 1 heterocycles. The van der Waals surface area contributed by atoms with Crippen LogP contribution in [0.4, 0.5) is 4.39 Å². The van der Waals surface area contributed by atoms with Crippen molar-refractivity contribution in [2.24, 2.45) is 0 Å². The fourth-order valence-electron chi connectivity index (χ4n) is 3.52. The molecule has 0 aliphatic carbocycles. The third-order valence-corrected chi connectivity index (χ3v) is 5.26. The molecule has 35 heavy (non-hydrogen) atoms. The topological polar surface area (TPSA) is 90.3 Å². The van der Waals surface area contributed by atoms with Gasteiger partial charge in [0, 0.05) is 13.1 Å². The van der Waals surface area contributed by atoms with E-state index < -0.39 is 0 Å². The summed E-state index contributed by atoms with van der Waals surface area (Å²) in [5.41, 5.74) is 2.37. The van der Waals surface area contributed by atoms with Crippen molar-refractivity contribution in [3.05, 3.63) is 125 Å². The summed E-state index contributed by atoms with van der Waals surface area (Å²) in [5.74, 6) is 0.200. The van der Waals surface area contributed by atoms with Crippen LogP contribution in [0.3, 0.4) is 0 Å². The number of nitrogens with zero attached hydrogens (tertiary/aromatic N) is 3. The van der Waals surface area contributed by atoms with Gasteiger partial charge in [-0.1, -0.05) is 36.4 Å². The fourth-order valence-corrected chi connectivity index (χ4v) is 3.52. The van der Waals surface area contributed by atoms with Gasteiger partial charge in [0.25, 0.3) is 5.91 Å². The molecule has 0 saturated heterocycles. The summed E-state index contributed by atoms with van der Waals surface area (Å²) in [7, 11) is 0. The van der Waals surface area contributed by atoms with Gasteiger partial charge in [-0.2, -0.15) is 10.5 Å². The predicted molar refractivity (Wildman–Crippen MR) is 125 cm³/mol. The molecule has 0 radical (unpaired) electrons. The number of halogens is 1. The van der Waals surface area contributed by atoms with E-state index >= 15 is 0 Å². The highest BCUT2D eigenvalue weighted by Crippen LogP contribution is 2.21. The van der Waals surface area contributed by atoms with Crippen LogP contribution in [-0.2, 0) is 19.7 Å². The molecule has 0 atom stereocenters. The van der Waals surface area contributed by atoms with Crippen LogP contribution in [0.2, 0.25) is 0 Å². The van der Waals surface area contributed by atoms with Crippen LogP contribution in [0, 0.1) is 28.5 Å². The van der Waals surface area contributed by atoms with Crippen molar-refractivity contribution in [1.82, 2.24) is 4.90 Å². The van der Waals surface area contributed by atoms with E-state index in [4.69, 9.17) is 14.4 Å². The summed E-state index contributed by atoms with van der Waals surface area (Å²) >= 11 is 0. The highest BCUT2D eigenvalue weighted by molar-refractivity contribution is 5.91. The van der Waals surface area contributed by atoms with Gasteiger partial charge in [0.2, 0.25) is 0 Å². The van der Waals surface area contributed by atoms with Crippen LogP contribution in [0.15, 0.2) is 89.3 Å². The minimum absolute atomic E-state index is 0.0471. The van der Waals surface area contributed by atoms with Gasteiger partial charge in [0.15, 0.2) is 5.76 Å². The van der Waals surface area contributed by atoms with Gasteiger partial charge in [0.05, 0.1) is 17.2 Å². The zero-order chi connectivity index (χ0) is 24.6. The Hall–Kier alpha value is -4.88. The van der Waals surface area contributed by atoms with Crippen LogP contribution in [0.25, 0.3) is 0 Å². The van der Waals surface area contributed by atoms with Gasteiger partial charge in [-0.3, -0.25) is 4.79 Å². The first kappa shape index (κ1) is 23.3. The zero-order valence-electron chi connectivity index (χ0n) is 18.6. The van der Waals surface area contributed by atoms with Crippen molar-refractivity contribution in [1.29, 1.82) is 10.5 Å². The number of rotatable bonds is 8. The van der Waals surface area contributed by atoms with E-state index in [2.05, 4.69) is 12.1 Å². The molecule has 0 bridgehead atoms.